The fraction of sp³-hybridized carbons (Fsp3) is 0.929. The number of hydrogen-bond donors (Lipinski definition) is 1. The predicted molar refractivity (Wildman–Crippen MR) is 69.8 cm³/mol. The van der Waals surface area contributed by atoms with E-state index in [1.54, 1.807) is 0 Å². The molecule has 15 heavy (non-hydrogen) atoms. The Bertz CT molecular complexity index is 141. The average molecular weight is 211 g/mol. The van der Waals surface area contributed by atoms with Crippen LogP contribution >= 0.6 is 0 Å². The second-order valence-electron chi connectivity index (χ2n) is 4.84. The lowest BCUT2D eigenvalue weighted by atomic mass is 9.90. The minimum Gasteiger partial charge on any atom is -0.310 e. The quantitative estimate of drug-likeness (QED) is 0.380. The molecule has 0 heterocycles. The Kier molecular flexibility index (Phi) is 9.97. The Morgan fingerprint density at radius 2 is 1.40 bits per heavy atom. The van der Waals surface area contributed by atoms with Gasteiger partial charge in [0.2, 0.25) is 0 Å². The molecule has 0 aliphatic rings. The van der Waals surface area contributed by atoms with E-state index in [4.69, 9.17) is 5.41 Å². The van der Waals surface area contributed by atoms with Crippen LogP contribution in [-0.2, 0) is 0 Å². The van der Waals surface area contributed by atoms with Gasteiger partial charge in [-0.05, 0) is 19.3 Å². The van der Waals surface area contributed by atoms with Crippen molar-refractivity contribution in [2.75, 3.05) is 0 Å². The molecule has 1 N–H and O–H groups in total. The van der Waals surface area contributed by atoms with Crippen molar-refractivity contribution in [1.82, 2.24) is 0 Å². The van der Waals surface area contributed by atoms with E-state index in [2.05, 4.69) is 13.8 Å². The van der Waals surface area contributed by atoms with Crippen molar-refractivity contribution in [3.63, 3.8) is 0 Å². The van der Waals surface area contributed by atoms with Crippen LogP contribution in [0.2, 0.25) is 0 Å². The van der Waals surface area contributed by atoms with Crippen molar-refractivity contribution in [2.24, 2.45) is 5.92 Å². The highest BCUT2D eigenvalue weighted by atomic mass is 14.4. The molecular formula is C14H29N. The van der Waals surface area contributed by atoms with Gasteiger partial charge in [-0.25, -0.2) is 0 Å². The molecule has 0 aromatic rings. The molecule has 0 saturated carbocycles. The van der Waals surface area contributed by atoms with Crippen molar-refractivity contribution in [3.05, 3.63) is 0 Å². The second-order valence-corrected chi connectivity index (χ2v) is 4.84. The van der Waals surface area contributed by atoms with Gasteiger partial charge in [0.1, 0.15) is 0 Å². The Balaban J connectivity index is 3.68. The van der Waals surface area contributed by atoms with Crippen LogP contribution in [0.25, 0.3) is 0 Å². The molecule has 0 atom stereocenters. The van der Waals surface area contributed by atoms with Gasteiger partial charge in [-0.15, -0.1) is 0 Å². The monoisotopic (exact) mass is 211 g/mol. The summed E-state index contributed by atoms with van der Waals surface area (Å²) in [6.45, 7) is 6.47. The Morgan fingerprint density at radius 1 is 0.933 bits per heavy atom. The Hall–Kier alpha value is -0.330. The van der Waals surface area contributed by atoms with E-state index < -0.39 is 0 Å². The summed E-state index contributed by atoms with van der Waals surface area (Å²) in [5.74, 6) is 0.792. The number of hydrogen-bond acceptors (Lipinski definition) is 1. The molecule has 0 unspecified atom stereocenters. The van der Waals surface area contributed by atoms with Crippen molar-refractivity contribution in [3.8, 4) is 0 Å². The van der Waals surface area contributed by atoms with E-state index in [0.717, 1.165) is 18.1 Å². The van der Waals surface area contributed by atoms with Crippen molar-refractivity contribution in [1.29, 1.82) is 5.41 Å². The molecule has 0 aliphatic carbocycles. The number of nitrogens with one attached hydrogen (secondary N) is 1. The zero-order valence-electron chi connectivity index (χ0n) is 10.9. The predicted octanol–water partition coefficient (Wildman–Crippen LogP) is 5.19. The molecular weight excluding hydrogens is 182 g/mol. The van der Waals surface area contributed by atoms with Crippen LogP contribution < -0.4 is 0 Å². The lowest BCUT2D eigenvalue weighted by molar-refractivity contribution is 0.421. The summed E-state index contributed by atoms with van der Waals surface area (Å²) in [5, 5.41) is 7.59. The van der Waals surface area contributed by atoms with Crippen molar-refractivity contribution >= 4 is 5.71 Å². The topological polar surface area (TPSA) is 23.9 Å². The van der Waals surface area contributed by atoms with E-state index in [9.17, 15) is 0 Å². The third kappa shape index (κ3) is 9.96. The molecule has 1 heteroatoms. The van der Waals surface area contributed by atoms with Gasteiger partial charge in [0, 0.05) is 5.71 Å². The average Bonchev–Trinajstić information content (AvgIpc) is 2.17. The summed E-state index contributed by atoms with van der Waals surface area (Å²) >= 11 is 0. The molecule has 0 bridgehead atoms. The molecule has 0 aromatic heterocycles. The fourth-order valence-corrected chi connectivity index (χ4v) is 2.15. The molecule has 90 valence electrons. The van der Waals surface area contributed by atoms with Gasteiger partial charge in [-0.3, -0.25) is 0 Å². The summed E-state index contributed by atoms with van der Waals surface area (Å²) in [6, 6.07) is 0. The summed E-state index contributed by atoms with van der Waals surface area (Å²) in [6.07, 6.45) is 11.8. The van der Waals surface area contributed by atoms with Crippen LogP contribution in [-0.4, -0.2) is 5.71 Å². The van der Waals surface area contributed by atoms with Crippen molar-refractivity contribution in [2.45, 2.75) is 78.6 Å². The van der Waals surface area contributed by atoms with Crippen LogP contribution in [0.5, 0.6) is 0 Å². The summed E-state index contributed by atoms with van der Waals surface area (Å²) in [5.41, 5.74) is 0.869. The zero-order valence-corrected chi connectivity index (χ0v) is 10.9. The third-order valence-corrected chi connectivity index (χ3v) is 3.03. The van der Waals surface area contributed by atoms with E-state index in [1.165, 1.54) is 51.4 Å². The van der Waals surface area contributed by atoms with Crippen LogP contribution in [0.4, 0.5) is 0 Å². The standard InChI is InChI=1S/C14H29N/c1-4-6-8-10-14(12-13(3)15)11-9-7-5-2/h14-15H,4-12H2,1-3H3. The Labute approximate surface area is 96.2 Å². The van der Waals surface area contributed by atoms with Gasteiger partial charge in [0.15, 0.2) is 0 Å². The first-order chi connectivity index (χ1) is 7.20. The van der Waals surface area contributed by atoms with Crippen LogP contribution in [0.3, 0.4) is 0 Å². The SMILES string of the molecule is CCCCCC(CCCCC)CC(C)=N. The lowest BCUT2D eigenvalue weighted by Crippen LogP contribution is -2.05. The minimum atomic E-state index is 0.792. The van der Waals surface area contributed by atoms with Crippen LogP contribution in [0.15, 0.2) is 0 Å². The minimum absolute atomic E-state index is 0.792. The first-order valence-corrected chi connectivity index (χ1v) is 6.74. The third-order valence-electron chi connectivity index (χ3n) is 3.03. The fourth-order valence-electron chi connectivity index (χ4n) is 2.15. The maximum absolute atomic E-state index is 7.59. The summed E-state index contributed by atoms with van der Waals surface area (Å²) < 4.78 is 0. The van der Waals surface area contributed by atoms with Crippen LogP contribution in [0, 0.1) is 11.3 Å². The van der Waals surface area contributed by atoms with Gasteiger partial charge in [-0.2, -0.15) is 0 Å². The number of rotatable bonds is 10. The molecule has 0 radical (unpaired) electrons. The molecule has 0 fully saturated rings. The zero-order chi connectivity index (χ0) is 11.5. The van der Waals surface area contributed by atoms with Crippen LogP contribution in [0.1, 0.15) is 78.6 Å². The molecule has 0 rings (SSSR count). The molecule has 1 nitrogen and oxygen atoms in total. The highest BCUT2D eigenvalue weighted by Crippen LogP contribution is 2.21. The van der Waals surface area contributed by atoms with E-state index in [0.29, 0.717) is 0 Å². The smallest absolute Gasteiger partial charge is 0.00609 e. The highest BCUT2D eigenvalue weighted by Gasteiger charge is 2.08. The summed E-state index contributed by atoms with van der Waals surface area (Å²) in [4.78, 5) is 0. The molecule has 0 amide bonds. The van der Waals surface area contributed by atoms with Crippen molar-refractivity contribution < 1.29 is 0 Å². The van der Waals surface area contributed by atoms with Gasteiger partial charge in [0.25, 0.3) is 0 Å². The van der Waals surface area contributed by atoms with E-state index in [1.807, 2.05) is 6.92 Å². The summed E-state index contributed by atoms with van der Waals surface area (Å²) in [7, 11) is 0. The normalized spacial score (nSPS) is 10.9. The van der Waals surface area contributed by atoms with Gasteiger partial charge >= 0.3 is 0 Å². The van der Waals surface area contributed by atoms with Gasteiger partial charge < -0.3 is 5.41 Å². The second kappa shape index (κ2) is 10.2. The highest BCUT2D eigenvalue weighted by molar-refractivity contribution is 5.78. The van der Waals surface area contributed by atoms with E-state index >= 15 is 0 Å². The molecule has 0 aromatic carbocycles. The lowest BCUT2D eigenvalue weighted by Gasteiger charge is -2.15. The van der Waals surface area contributed by atoms with E-state index in [-0.39, 0.29) is 0 Å². The number of unbranched alkanes of at least 4 members (excludes halogenated alkanes) is 4. The Morgan fingerprint density at radius 3 is 1.73 bits per heavy atom. The van der Waals surface area contributed by atoms with Gasteiger partial charge in [0.05, 0.1) is 0 Å². The maximum atomic E-state index is 7.59. The van der Waals surface area contributed by atoms with Gasteiger partial charge in [-0.1, -0.05) is 65.2 Å². The molecule has 0 aliphatic heterocycles. The largest absolute Gasteiger partial charge is 0.310 e. The molecule has 0 spiro atoms. The first-order valence-electron chi connectivity index (χ1n) is 6.74. The maximum Gasteiger partial charge on any atom is 0.00609 e. The first kappa shape index (κ1) is 14.7. The molecule has 0 saturated heterocycles.